The quantitative estimate of drug-likeness (QED) is 0.928. The summed E-state index contributed by atoms with van der Waals surface area (Å²) in [6.07, 6.45) is 5.78. The van der Waals surface area contributed by atoms with Crippen LogP contribution in [0.1, 0.15) is 18.1 Å². The molecule has 0 amide bonds. The Bertz CT molecular complexity index is 555. The lowest BCUT2D eigenvalue weighted by atomic mass is 10.0. The smallest absolute Gasteiger partial charge is 0.149 e. The summed E-state index contributed by atoms with van der Waals surface area (Å²) in [5, 5.41) is 3.22. The Morgan fingerprint density at radius 3 is 2.45 bits per heavy atom. The first-order valence-corrected chi connectivity index (χ1v) is 7.24. The van der Waals surface area contributed by atoms with Gasteiger partial charge in [-0.2, -0.15) is 0 Å². The number of nitrogens with one attached hydrogen (secondary N) is 1. The Kier molecular flexibility index (Phi) is 3.81. The van der Waals surface area contributed by atoms with E-state index in [9.17, 15) is 0 Å². The molecule has 4 nitrogen and oxygen atoms in total. The van der Waals surface area contributed by atoms with Gasteiger partial charge >= 0.3 is 0 Å². The minimum atomic E-state index is 0.853. The molecule has 0 atom stereocenters. The number of rotatable bonds is 3. The maximum Gasteiger partial charge on any atom is 0.149 e. The van der Waals surface area contributed by atoms with Gasteiger partial charge in [0.05, 0.1) is 12.4 Å². The molecule has 2 aromatic rings. The molecule has 1 aliphatic heterocycles. The molecule has 0 saturated heterocycles. The topological polar surface area (TPSA) is 41.1 Å². The fourth-order valence-corrected chi connectivity index (χ4v) is 2.67. The zero-order valence-corrected chi connectivity index (χ0v) is 11.8. The Labute approximate surface area is 119 Å². The van der Waals surface area contributed by atoms with Crippen LogP contribution in [0.15, 0.2) is 36.7 Å². The van der Waals surface area contributed by atoms with E-state index in [-0.39, 0.29) is 0 Å². The van der Waals surface area contributed by atoms with E-state index in [0.29, 0.717) is 0 Å². The largest absolute Gasteiger partial charge is 0.369 e. The zero-order chi connectivity index (χ0) is 13.8. The first kappa shape index (κ1) is 12.9. The summed E-state index contributed by atoms with van der Waals surface area (Å²) in [7, 11) is 0. The Hall–Kier alpha value is -2.10. The number of nitrogens with zero attached hydrogens (tertiary/aromatic N) is 3. The Morgan fingerprint density at radius 1 is 1.10 bits per heavy atom. The summed E-state index contributed by atoms with van der Waals surface area (Å²) < 4.78 is 0. The summed E-state index contributed by atoms with van der Waals surface area (Å²) in [6.45, 7) is 4.93. The van der Waals surface area contributed by atoms with Crippen LogP contribution in [0.5, 0.6) is 0 Å². The molecule has 104 valence electrons. The monoisotopic (exact) mass is 268 g/mol. The van der Waals surface area contributed by atoms with Gasteiger partial charge in [-0.1, -0.05) is 24.3 Å². The van der Waals surface area contributed by atoms with Crippen LogP contribution in [0.2, 0.25) is 0 Å². The molecule has 3 rings (SSSR count). The molecule has 0 saturated carbocycles. The van der Waals surface area contributed by atoms with Gasteiger partial charge in [-0.25, -0.2) is 4.98 Å². The van der Waals surface area contributed by atoms with Gasteiger partial charge in [-0.05, 0) is 30.9 Å². The van der Waals surface area contributed by atoms with E-state index >= 15 is 0 Å². The molecule has 1 N–H and O–H groups in total. The molecule has 0 fully saturated rings. The predicted molar refractivity (Wildman–Crippen MR) is 82.3 cm³/mol. The lowest BCUT2D eigenvalue weighted by Gasteiger charge is -2.21. The number of fused-ring (bicyclic) bond motifs is 1. The van der Waals surface area contributed by atoms with Crippen LogP contribution < -0.4 is 10.2 Å². The predicted octanol–water partition coefficient (Wildman–Crippen LogP) is 2.51. The molecule has 0 aliphatic carbocycles. The van der Waals surface area contributed by atoms with Crippen molar-refractivity contribution in [2.24, 2.45) is 0 Å². The molecule has 0 bridgehead atoms. The SMILES string of the molecule is CCNc1cncc(N2CCc3ccccc3CC2)n1. The van der Waals surface area contributed by atoms with Crippen molar-refractivity contribution in [2.45, 2.75) is 19.8 Å². The maximum absolute atomic E-state index is 4.64. The van der Waals surface area contributed by atoms with Crippen molar-refractivity contribution in [3.63, 3.8) is 0 Å². The van der Waals surface area contributed by atoms with Crippen LogP contribution in [0, 0.1) is 0 Å². The van der Waals surface area contributed by atoms with Crippen LogP contribution in [0.3, 0.4) is 0 Å². The molecular formula is C16H20N4. The molecule has 4 heteroatoms. The second-order valence-corrected chi connectivity index (χ2v) is 5.05. The average Bonchev–Trinajstić information content (AvgIpc) is 2.70. The van der Waals surface area contributed by atoms with Gasteiger partial charge < -0.3 is 10.2 Å². The van der Waals surface area contributed by atoms with Crippen molar-refractivity contribution in [2.75, 3.05) is 29.9 Å². The highest BCUT2D eigenvalue weighted by Gasteiger charge is 2.15. The van der Waals surface area contributed by atoms with E-state index in [1.165, 1.54) is 11.1 Å². The summed E-state index contributed by atoms with van der Waals surface area (Å²) in [5.41, 5.74) is 2.93. The van der Waals surface area contributed by atoms with Gasteiger partial charge in [0.2, 0.25) is 0 Å². The summed E-state index contributed by atoms with van der Waals surface area (Å²) >= 11 is 0. The zero-order valence-electron chi connectivity index (χ0n) is 11.8. The minimum Gasteiger partial charge on any atom is -0.369 e. The molecule has 1 aliphatic rings. The van der Waals surface area contributed by atoms with Crippen LogP contribution in [0.25, 0.3) is 0 Å². The fraction of sp³-hybridized carbons (Fsp3) is 0.375. The Morgan fingerprint density at radius 2 is 1.80 bits per heavy atom. The van der Waals surface area contributed by atoms with Crippen LogP contribution in [0.4, 0.5) is 11.6 Å². The van der Waals surface area contributed by atoms with E-state index in [1.807, 2.05) is 6.20 Å². The lowest BCUT2D eigenvalue weighted by Crippen LogP contribution is -2.27. The number of hydrogen-bond acceptors (Lipinski definition) is 4. The van der Waals surface area contributed by atoms with Crippen LogP contribution >= 0.6 is 0 Å². The second kappa shape index (κ2) is 5.90. The lowest BCUT2D eigenvalue weighted by molar-refractivity contribution is 0.787. The molecule has 0 spiro atoms. The van der Waals surface area contributed by atoms with Crippen molar-refractivity contribution in [3.8, 4) is 0 Å². The minimum absolute atomic E-state index is 0.853. The summed E-state index contributed by atoms with van der Waals surface area (Å²) in [6, 6.07) is 8.72. The first-order valence-electron chi connectivity index (χ1n) is 7.24. The molecular weight excluding hydrogens is 248 g/mol. The van der Waals surface area contributed by atoms with Gasteiger partial charge in [-0.3, -0.25) is 4.98 Å². The molecule has 1 aromatic heterocycles. The van der Waals surface area contributed by atoms with E-state index < -0.39 is 0 Å². The first-order chi connectivity index (χ1) is 9.86. The highest BCUT2D eigenvalue weighted by atomic mass is 15.2. The van der Waals surface area contributed by atoms with Crippen molar-refractivity contribution < 1.29 is 0 Å². The summed E-state index contributed by atoms with van der Waals surface area (Å²) in [4.78, 5) is 11.3. The third-order valence-corrected chi connectivity index (χ3v) is 3.72. The van der Waals surface area contributed by atoms with Crippen molar-refractivity contribution in [1.29, 1.82) is 0 Å². The summed E-state index contributed by atoms with van der Waals surface area (Å²) in [5.74, 6) is 1.82. The van der Waals surface area contributed by atoms with Gasteiger partial charge in [0, 0.05) is 19.6 Å². The number of anilines is 2. The molecule has 2 heterocycles. The van der Waals surface area contributed by atoms with E-state index in [1.54, 1.807) is 6.20 Å². The Balaban J connectivity index is 1.78. The van der Waals surface area contributed by atoms with Gasteiger partial charge in [0.15, 0.2) is 0 Å². The van der Waals surface area contributed by atoms with Gasteiger partial charge in [0.25, 0.3) is 0 Å². The normalized spacial score (nSPS) is 14.6. The standard InChI is InChI=1S/C16H20N4/c1-2-18-15-11-17-12-16(19-15)20-9-7-13-5-3-4-6-14(13)8-10-20/h3-6,11-12H,2,7-10H2,1H3,(H,18,19). The highest BCUT2D eigenvalue weighted by molar-refractivity contribution is 5.45. The van der Waals surface area contributed by atoms with Crippen molar-refractivity contribution in [1.82, 2.24) is 9.97 Å². The van der Waals surface area contributed by atoms with E-state index in [4.69, 9.17) is 0 Å². The number of benzene rings is 1. The van der Waals surface area contributed by atoms with E-state index in [0.717, 1.165) is 44.1 Å². The molecule has 1 aromatic carbocycles. The maximum atomic E-state index is 4.64. The highest BCUT2D eigenvalue weighted by Crippen LogP contribution is 2.19. The van der Waals surface area contributed by atoms with Gasteiger partial charge in [-0.15, -0.1) is 0 Å². The van der Waals surface area contributed by atoms with Crippen molar-refractivity contribution in [3.05, 3.63) is 47.8 Å². The third kappa shape index (κ3) is 2.74. The fourth-order valence-electron chi connectivity index (χ4n) is 2.67. The molecule has 0 unspecified atom stereocenters. The third-order valence-electron chi connectivity index (χ3n) is 3.72. The van der Waals surface area contributed by atoms with Crippen LogP contribution in [-0.2, 0) is 12.8 Å². The average molecular weight is 268 g/mol. The molecule has 20 heavy (non-hydrogen) atoms. The van der Waals surface area contributed by atoms with Crippen molar-refractivity contribution >= 4 is 11.6 Å². The number of hydrogen-bond donors (Lipinski definition) is 1. The van der Waals surface area contributed by atoms with Crippen LogP contribution in [-0.4, -0.2) is 29.6 Å². The molecule has 0 radical (unpaired) electrons. The second-order valence-electron chi connectivity index (χ2n) is 5.05. The number of aromatic nitrogens is 2. The van der Waals surface area contributed by atoms with E-state index in [2.05, 4.69) is 51.4 Å². The van der Waals surface area contributed by atoms with Gasteiger partial charge in [0.1, 0.15) is 11.6 Å².